The number of phenols is 1. The minimum atomic E-state index is -2.69. The lowest BCUT2D eigenvalue weighted by Crippen LogP contribution is -2.71. The molecule has 198 valence electrons. The van der Waals surface area contributed by atoms with E-state index in [0.717, 1.165) is 12.0 Å². The molecular weight excluding hydrogens is 488 g/mol. The topological polar surface area (TPSA) is 165 Å². The third kappa shape index (κ3) is 3.48. The maximum Gasteiger partial charge on any atom is 0.235 e. The van der Waals surface area contributed by atoms with E-state index >= 15 is 0 Å². The third-order valence-electron chi connectivity index (χ3n) is 8.70. The number of benzene rings is 1. The number of aromatic nitrogens is 1. The molecule has 1 heterocycles. The number of aromatic hydroxyl groups is 1. The van der Waals surface area contributed by atoms with Gasteiger partial charge in [0.05, 0.1) is 17.2 Å². The lowest BCUT2D eigenvalue weighted by atomic mass is 9.49. The van der Waals surface area contributed by atoms with Gasteiger partial charge in [0.1, 0.15) is 5.75 Å². The number of phenolic OH excluding ortho intramolecular Hbond substituents is 1. The minimum Gasteiger partial charge on any atom is -0.507 e. The minimum absolute atomic E-state index is 0.0333. The van der Waals surface area contributed by atoms with Crippen LogP contribution in [0.3, 0.4) is 0 Å². The maximum absolute atomic E-state index is 13.9. The summed E-state index contributed by atoms with van der Waals surface area (Å²) < 4.78 is 0. The van der Waals surface area contributed by atoms with Crippen LogP contribution in [0.25, 0.3) is 11.3 Å². The van der Waals surface area contributed by atoms with Crippen molar-refractivity contribution in [2.45, 2.75) is 45.6 Å². The molecule has 1 aromatic heterocycles. The summed E-state index contributed by atoms with van der Waals surface area (Å²) in [6.07, 6.45) is 2.70. The molecule has 2 aromatic rings. The highest BCUT2D eigenvalue weighted by Gasteiger charge is 2.69. The fourth-order valence-corrected chi connectivity index (χ4v) is 6.94. The molecule has 0 bridgehead atoms. The van der Waals surface area contributed by atoms with Gasteiger partial charge in [-0.05, 0) is 66.5 Å². The SMILES string of the molecule is CCc1ccnc(-c2ccc(O)c3c2C[C@H]2C[C@H]4[C@H](C(C)C)C(=O)C(C(N)=O)C(=O)[C@@]4(O)C(=O)C2C3=O)c1. The summed E-state index contributed by atoms with van der Waals surface area (Å²) in [5, 5.41) is 22.4. The van der Waals surface area contributed by atoms with E-state index in [1.807, 2.05) is 19.1 Å². The Hall–Kier alpha value is -3.72. The number of nitrogens with zero attached hydrogens (tertiary/aromatic N) is 1. The number of carbonyl (C=O) groups is 5. The number of pyridine rings is 1. The summed E-state index contributed by atoms with van der Waals surface area (Å²) in [4.78, 5) is 70.9. The Morgan fingerprint density at radius 3 is 2.50 bits per heavy atom. The van der Waals surface area contributed by atoms with E-state index in [0.29, 0.717) is 16.8 Å². The Labute approximate surface area is 219 Å². The molecule has 0 saturated heterocycles. The number of amides is 1. The van der Waals surface area contributed by atoms with E-state index in [2.05, 4.69) is 4.98 Å². The van der Waals surface area contributed by atoms with Gasteiger partial charge in [-0.1, -0.05) is 20.8 Å². The van der Waals surface area contributed by atoms with E-state index in [-0.39, 0.29) is 24.2 Å². The van der Waals surface area contributed by atoms with Crippen molar-refractivity contribution < 1.29 is 34.2 Å². The van der Waals surface area contributed by atoms with Crippen molar-refractivity contribution in [3.05, 3.63) is 47.2 Å². The van der Waals surface area contributed by atoms with Crippen LogP contribution in [0, 0.1) is 35.5 Å². The average Bonchev–Trinajstić information content (AvgIpc) is 2.86. The van der Waals surface area contributed by atoms with Crippen LogP contribution in [-0.2, 0) is 32.0 Å². The van der Waals surface area contributed by atoms with Crippen LogP contribution < -0.4 is 5.73 Å². The summed E-state index contributed by atoms with van der Waals surface area (Å²) in [5.41, 5.74) is 5.49. The third-order valence-corrected chi connectivity index (χ3v) is 8.70. The number of Topliss-reactive ketones (excluding diaryl/α,β-unsaturated/α-hetero) is 4. The van der Waals surface area contributed by atoms with Gasteiger partial charge < -0.3 is 15.9 Å². The molecule has 3 aliphatic rings. The lowest BCUT2D eigenvalue weighted by molar-refractivity contribution is -0.182. The number of primary amides is 1. The van der Waals surface area contributed by atoms with Gasteiger partial charge in [0.15, 0.2) is 34.7 Å². The van der Waals surface area contributed by atoms with Crippen LogP contribution in [0.1, 0.15) is 48.7 Å². The quantitative estimate of drug-likeness (QED) is 0.516. The number of ketones is 4. The normalized spacial score (nSPS) is 30.6. The van der Waals surface area contributed by atoms with Crippen molar-refractivity contribution in [1.82, 2.24) is 4.98 Å². The van der Waals surface area contributed by atoms with Gasteiger partial charge in [-0.25, -0.2) is 0 Å². The first-order valence-electron chi connectivity index (χ1n) is 12.9. The summed E-state index contributed by atoms with van der Waals surface area (Å²) in [6.45, 7) is 5.45. The van der Waals surface area contributed by atoms with E-state index < -0.39 is 70.1 Å². The van der Waals surface area contributed by atoms with Gasteiger partial charge >= 0.3 is 0 Å². The number of fused-ring (bicyclic) bond motifs is 3. The zero-order chi connectivity index (χ0) is 27.7. The number of aryl methyl sites for hydroxylation is 1. The Kier molecular flexibility index (Phi) is 6.10. The maximum atomic E-state index is 13.9. The van der Waals surface area contributed by atoms with Crippen LogP contribution in [0.2, 0.25) is 0 Å². The molecule has 0 spiro atoms. The molecule has 1 amide bonds. The van der Waals surface area contributed by atoms with Gasteiger partial charge in [0.25, 0.3) is 0 Å². The smallest absolute Gasteiger partial charge is 0.235 e. The van der Waals surface area contributed by atoms with Crippen LogP contribution in [0.15, 0.2) is 30.5 Å². The van der Waals surface area contributed by atoms with Crippen LogP contribution in [0.5, 0.6) is 5.75 Å². The second-order valence-corrected chi connectivity index (χ2v) is 11.0. The van der Waals surface area contributed by atoms with Gasteiger partial charge in [-0.3, -0.25) is 29.0 Å². The molecule has 6 atom stereocenters. The largest absolute Gasteiger partial charge is 0.507 e. The molecule has 4 N–H and O–H groups in total. The molecule has 9 nitrogen and oxygen atoms in total. The Morgan fingerprint density at radius 1 is 1.16 bits per heavy atom. The van der Waals surface area contributed by atoms with Crippen molar-refractivity contribution in [2.75, 3.05) is 0 Å². The summed E-state index contributed by atoms with van der Waals surface area (Å²) in [6, 6.07) is 6.86. The highest BCUT2D eigenvalue weighted by Crippen LogP contribution is 2.53. The molecular formula is C29H30N2O7. The first kappa shape index (κ1) is 25.9. The summed E-state index contributed by atoms with van der Waals surface area (Å²) in [7, 11) is 0. The molecule has 38 heavy (non-hydrogen) atoms. The van der Waals surface area contributed by atoms with Crippen molar-refractivity contribution in [2.24, 2.45) is 41.2 Å². The molecule has 2 unspecified atom stereocenters. The molecule has 0 aliphatic heterocycles. The summed E-state index contributed by atoms with van der Waals surface area (Å²) >= 11 is 0. The van der Waals surface area contributed by atoms with E-state index in [1.165, 1.54) is 6.07 Å². The first-order valence-corrected chi connectivity index (χ1v) is 12.9. The van der Waals surface area contributed by atoms with E-state index in [1.54, 1.807) is 26.1 Å². The number of hydrogen-bond acceptors (Lipinski definition) is 8. The zero-order valence-corrected chi connectivity index (χ0v) is 21.4. The molecule has 1 aromatic carbocycles. The average molecular weight is 519 g/mol. The summed E-state index contributed by atoms with van der Waals surface area (Å²) in [5.74, 6) is -11.6. The fraction of sp³-hybridized carbons (Fsp3) is 0.448. The number of hydrogen-bond donors (Lipinski definition) is 3. The Bertz CT molecular complexity index is 1410. The van der Waals surface area contributed by atoms with Gasteiger partial charge in [0, 0.05) is 23.6 Å². The Balaban J connectivity index is 1.66. The number of nitrogens with two attached hydrogens (primary N) is 1. The van der Waals surface area contributed by atoms with Gasteiger partial charge in [-0.2, -0.15) is 0 Å². The van der Waals surface area contributed by atoms with Crippen molar-refractivity contribution in [3.8, 4) is 17.0 Å². The fourth-order valence-electron chi connectivity index (χ4n) is 6.94. The Morgan fingerprint density at radius 2 is 1.87 bits per heavy atom. The molecule has 2 saturated carbocycles. The van der Waals surface area contributed by atoms with Crippen LogP contribution >= 0.6 is 0 Å². The number of carbonyl (C=O) groups excluding carboxylic acids is 5. The molecule has 3 aliphatic carbocycles. The molecule has 5 rings (SSSR count). The molecule has 9 heteroatoms. The van der Waals surface area contributed by atoms with Gasteiger partial charge in [-0.15, -0.1) is 0 Å². The second kappa shape index (κ2) is 8.94. The van der Waals surface area contributed by atoms with E-state index in [4.69, 9.17) is 5.73 Å². The standard InChI is InChI=1S/C29H30N2O7/c1-4-13-7-8-31-18(9-13)15-5-6-19(32)22-16(15)10-14-11-17-20(12(2)3)24(33)23(28(30)37)27(36)29(17,38)26(35)21(14)25(22)34/h5-9,12,14,17,20-21,23,32,38H,4,10-11H2,1-3H3,(H2,30,37)/t14-,17-,20-,21?,23?,29-/m0/s1. The highest BCUT2D eigenvalue weighted by molar-refractivity contribution is 6.32. The lowest BCUT2D eigenvalue weighted by Gasteiger charge is -2.52. The van der Waals surface area contributed by atoms with Gasteiger partial charge in [0.2, 0.25) is 5.91 Å². The van der Waals surface area contributed by atoms with Crippen LogP contribution in [-0.4, -0.2) is 49.8 Å². The van der Waals surface area contributed by atoms with E-state index in [9.17, 15) is 34.2 Å². The van der Waals surface area contributed by atoms with Crippen LogP contribution in [0.4, 0.5) is 0 Å². The monoisotopic (exact) mass is 518 g/mol. The first-order chi connectivity index (χ1) is 17.9. The molecule has 0 radical (unpaired) electrons. The highest BCUT2D eigenvalue weighted by atomic mass is 16.3. The van der Waals surface area contributed by atoms with Crippen molar-refractivity contribution >= 4 is 29.0 Å². The predicted molar refractivity (Wildman–Crippen MR) is 135 cm³/mol. The predicted octanol–water partition coefficient (Wildman–Crippen LogP) is 1.83. The second-order valence-electron chi connectivity index (χ2n) is 11.0. The number of rotatable bonds is 4. The zero-order valence-electron chi connectivity index (χ0n) is 21.4. The van der Waals surface area contributed by atoms with Crippen molar-refractivity contribution in [1.29, 1.82) is 0 Å². The van der Waals surface area contributed by atoms with Crippen molar-refractivity contribution in [3.63, 3.8) is 0 Å². The number of aliphatic hydroxyl groups is 1. The molecule has 2 fully saturated rings.